The minimum absolute atomic E-state index is 0.291. The molecule has 1 aliphatic rings. The van der Waals surface area contributed by atoms with Gasteiger partial charge in [-0.2, -0.15) is 0 Å². The second-order valence-corrected chi connectivity index (χ2v) is 5.40. The van der Waals surface area contributed by atoms with E-state index in [-0.39, 0.29) is 0 Å². The average Bonchev–Trinajstić information content (AvgIpc) is 2.30. The zero-order valence-electron chi connectivity index (χ0n) is 10.1. The number of hydrogen-bond donors (Lipinski definition) is 1. The van der Waals surface area contributed by atoms with Crippen molar-refractivity contribution in [3.63, 3.8) is 0 Å². The Morgan fingerprint density at radius 2 is 2.41 bits per heavy atom. The first kappa shape index (κ1) is 13.0. The number of ether oxygens (including phenoxy) is 1. The molecule has 3 nitrogen and oxygen atoms in total. The molecular formula is C13H19BrN2O. The second kappa shape index (κ2) is 5.96. The van der Waals surface area contributed by atoms with E-state index in [2.05, 4.69) is 46.0 Å². The first-order valence-corrected chi connectivity index (χ1v) is 6.81. The van der Waals surface area contributed by atoms with Crippen LogP contribution in [0.3, 0.4) is 0 Å². The Labute approximate surface area is 111 Å². The van der Waals surface area contributed by atoms with Crippen LogP contribution in [0.1, 0.15) is 18.5 Å². The molecule has 2 rings (SSSR count). The molecule has 1 aliphatic heterocycles. The van der Waals surface area contributed by atoms with Crippen molar-refractivity contribution in [3.05, 3.63) is 34.3 Å². The third-order valence-electron chi connectivity index (χ3n) is 3.17. The summed E-state index contributed by atoms with van der Waals surface area (Å²) in [7, 11) is 0. The lowest BCUT2D eigenvalue weighted by atomic mass is 10.0. The van der Waals surface area contributed by atoms with Gasteiger partial charge in [-0.05, 0) is 24.6 Å². The van der Waals surface area contributed by atoms with Crippen molar-refractivity contribution in [3.8, 4) is 0 Å². The molecule has 0 radical (unpaired) electrons. The fraction of sp³-hybridized carbons (Fsp3) is 0.538. The maximum Gasteiger partial charge on any atom is 0.0674 e. The van der Waals surface area contributed by atoms with Gasteiger partial charge in [0.15, 0.2) is 0 Å². The van der Waals surface area contributed by atoms with Crippen LogP contribution in [0.15, 0.2) is 28.7 Å². The Morgan fingerprint density at radius 1 is 1.59 bits per heavy atom. The van der Waals surface area contributed by atoms with Crippen molar-refractivity contribution < 1.29 is 4.74 Å². The van der Waals surface area contributed by atoms with Crippen molar-refractivity contribution in [2.24, 2.45) is 5.73 Å². The summed E-state index contributed by atoms with van der Waals surface area (Å²) in [5.41, 5.74) is 7.21. The van der Waals surface area contributed by atoms with Gasteiger partial charge < -0.3 is 10.5 Å². The SMILES string of the molecule is CC1CN(C(CN)c2cccc(Br)c2)CCO1. The molecule has 94 valence electrons. The van der Waals surface area contributed by atoms with Crippen LogP contribution in [0.25, 0.3) is 0 Å². The summed E-state index contributed by atoms with van der Waals surface area (Å²) >= 11 is 3.51. The Morgan fingerprint density at radius 3 is 3.06 bits per heavy atom. The number of nitrogens with zero attached hydrogens (tertiary/aromatic N) is 1. The molecule has 4 heteroatoms. The summed E-state index contributed by atoms with van der Waals surface area (Å²) < 4.78 is 6.68. The number of halogens is 1. The van der Waals surface area contributed by atoms with Crippen molar-refractivity contribution >= 4 is 15.9 Å². The topological polar surface area (TPSA) is 38.5 Å². The van der Waals surface area contributed by atoms with E-state index in [0.29, 0.717) is 18.7 Å². The van der Waals surface area contributed by atoms with Crippen LogP contribution in [0.2, 0.25) is 0 Å². The van der Waals surface area contributed by atoms with Gasteiger partial charge >= 0.3 is 0 Å². The lowest BCUT2D eigenvalue weighted by Gasteiger charge is -2.37. The molecule has 2 atom stereocenters. The molecule has 2 unspecified atom stereocenters. The number of benzene rings is 1. The lowest BCUT2D eigenvalue weighted by Crippen LogP contribution is -2.45. The van der Waals surface area contributed by atoms with Gasteiger partial charge in [0.25, 0.3) is 0 Å². The Balaban J connectivity index is 2.15. The first-order chi connectivity index (χ1) is 8.20. The Bertz CT molecular complexity index is 372. The van der Waals surface area contributed by atoms with E-state index >= 15 is 0 Å². The predicted octanol–water partition coefficient (Wildman–Crippen LogP) is 2.17. The van der Waals surface area contributed by atoms with E-state index in [9.17, 15) is 0 Å². The van der Waals surface area contributed by atoms with Crippen molar-refractivity contribution in [1.82, 2.24) is 4.90 Å². The summed E-state index contributed by atoms with van der Waals surface area (Å²) in [4.78, 5) is 2.41. The van der Waals surface area contributed by atoms with Gasteiger partial charge in [-0.1, -0.05) is 28.1 Å². The molecule has 17 heavy (non-hydrogen) atoms. The minimum Gasteiger partial charge on any atom is -0.376 e. The van der Waals surface area contributed by atoms with E-state index in [0.717, 1.165) is 24.2 Å². The maximum atomic E-state index is 5.93. The molecule has 0 amide bonds. The van der Waals surface area contributed by atoms with Crippen LogP contribution in [-0.4, -0.2) is 37.2 Å². The van der Waals surface area contributed by atoms with E-state index in [1.165, 1.54) is 5.56 Å². The normalized spacial score (nSPS) is 23.6. The van der Waals surface area contributed by atoms with E-state index < -0.39 is 0 Å². The zero-order chi connectivity index (χ0) is 12.3. The third-order valence-corrected chi connectivity index (χ3v) is 3.66. The smallest absolute Gasteiger partial charge is 0.0674 e. The van der Waals surface area contributed by atoms with Gasteiger partial charge in [0.2, 0.25) is 0 Å². The number of hydrogen-bond acceptors (Lipinski definition) is 3. The molecule has 1 saturated heterocycles. The number of rotatable bonds is 3. The van der Waals surface area contributed by atoms with Crippen LogP contribution in [-0.2, 0) is 4.74 Å². The van der Waals surface area contributed by atoms with Crippen molar-refractivity contribution in [2.45, 2.75) is 19.1 Å². The van der Waals surface area contributed by atoms with Gasteiger partial charge in [-0.3, -0.25) is 4.90 Å². The summed E-state index contributed by atoms with van der Waals surface area (Å²) in [6, 6.07) is 8.68. The van der Waals surface area contributed by atoms with Crippen LogP contribution in [0, 0.1) is 0 Å². The highest BCUT2D eigenvalue weighted by Crippen LogP contribution is 2.24. The number of morpholine rings is 1. The second-order valence-electron chi connectivity index (χ2n) is 4.48. The van der Waals surface area contributed by atoms with Crippen LogP contribution in [0.5, 0.6) is 0 Å². The highest BCUT2D eigenvalue weighted by molar-refractivity contribution is 9.10. The van der Waals surface area contributed by atoms with Crippen LogP contribution < -0.4 is 5.73 Å². The van der Waals surface area contributed by atoms with Crippen molar-refractivity contribution in [2.75, 3.05) is 26.2 Å². The molecule has 2 N–H and O–H groups in total. The summed E-state index contributed by atoms with van der Waals surface area (Å²) in [6.45, 7) is 5.46. The average molecular weight is 299 g/mol. The standard InChI is InChI=1S/C13H19BrN2O/c1-10-9-16(5-6-17-10)13(8-15)11-3-2-4-12(14)7-11/h2-4,7,10,13H,5-6,8-9,15H2,1H3. The zero-order valence-corrected chi connectivity index (χ0v) is 11.7. The number of nitrogens with two attached hydrogens (primary N) is 1. The molecule has 0 aliphatic carbocycles. The summed E-state index contributed by atoms with van der Waals surface area (Å²) in [6.07, 6.45) is 0.296. The van der Waals surface area contributed by atoms with E-state index in [1.807, 2.05) is 6.07 Å². The van der Waals surface area contributed by atoms with Gasteiger partial charge in [-0.15, -0.1) is 0 Å². The molecule has 0 spiro atoms. The van der Waals surface area contributed by atoms with Crippen molar-refractivity contribution in [1.29, 1.82) is 0 Å². The molecule has 0 aromatic heterocycles. The highest BCUT2D eigenvalue weighted by atomic mass is 79.9. The van der Waals surface area contributed by atoms with Gasteiger partial charge in [-0.25, -0.2) is 0 Å². The predicted molar refractivity (Wildman–Crippen MR) is 72.9 cm³/mol. The molecule has 1 heterocycles. The molecular weight excluding hydrogens is 280 g/mol. The maximum absolute atomic E-state index is 5.93. The Kier molecular flexibility index (Phi) is 4.56. The van der Waals surface area contributed by atoms with Gasteiger partial charge in [0, 0.05) is 30.1 Å². The fourth-order valence-electron chi connectivity index (χ4n) is 2.34. The molecule has 1 fully saturated rings. The monoisotopic (exact) mass is 298 g/mol. The van der Waals surface area contributed by atoms with Crippen LogP contribution >= 0.6 is 15.9 Å². The minimum atomic E-state index is 0.291. The third kappa shape index (κ3) is 3.28. The van der Waals surface area contributed by atoms with Gasteiger partial charge in [0.1, 0.15) is 0 Å². The largest absolute Gasteiger partial charge is 0.376 e. The highest BCUT2D eigenvalue weighted by Gasteiger charge is 2.24. The summed E-state index contributed by atoms with van der Waals surface area (Å²) in [5, 5.41) is 0. The molecule has 0 bridgehead atoms. The Hall–Kier alpha value is -0.420. The van der Waals surface area contributed by atoms with E-state index in [4.69, 9.17) is 10.5 Å². The lowest BCUT2D eigenvalue weighted by molar-refractivity contribution is -0.0333. The quantitative estimate of drug-likeness (QED) is 0.929. The molecule has 1 aromatic carbocycles. The molecule has 1 aromatic rings. The summed E-state index contributed by atoms with van der Waals surface area (Å²) in [5.74, 6) is 0. The van der Waals surface area contributed by atoms with Gasteiger partial charge in [0.05, 0.1) is 12.7 Å². The first-order valence-electron chi connectivity index (χ1n) is 6.02. The fourth-order valence-corrected chi connectivity index (χ4v) is 2.76. The molecule has 0 saturated carbocycles. The van der Waals surface area contributed by atoms with E-state index in [1.54, 1.807) is 0 Å². The van der Waals surface area contributed by atoms with Crippen LogP contribution in [0.4, 0.5) is 0 Å².